The van der Waals surface area contributed by atoms with E-state index in [0.29, 0.717) is 16.9 Å². The average molecular weight is 238 g/mol. The lowest BCUT2D eigenvalue weighted by atomic mass is 9.97. The smallest absolute Gasteiger partial charge is 0.336 e. The molecule has 5 heteroatoms. The molecule has 0 heterocycles. The first-order valence-electron chi connectivity index (χ1n) is 5.09. The first-order chi connectivity index (χ1) is 7.97. The molecule has 1 rings (SSSR count). The Morgan fingerprint density at radius 1 is 1.29 bits per heavy atom. The summed E-state index contributed by atoms with van der Waals surface area (Å²) >= 11 is 0. The van der Waals surface area contributed by atoms with E-state index in [1.807, 2.05) is 0 Å². The van der Waals surface area contributed by atoms with Crippen molar-refractivity contribution in [2.24, 2.45) is 0 Å². The van der Waals surface area contributed by atoms with Crippen LogP contribution < -0.4 is 4.74 Å². The topological polar surface area (TPSA) is 83.8 Å². The lowest BCUT2D eigenvalue weighted by Gasteiger charge is -2.12. The van der Waals surface area contributed by atoms with Crippen molar-refractivity contribution < 1.29 is 24.5 Å². The lowest BCUT2D eigenvalue weighted by molar-refractivity contribution is -0.136. The van der Waals surface area contributed by atoms with E-state index in [4.69, 9.17) is 14.9 Å². The van der Waals surface area contributed by atoms with Gasteiger partial charge in [-0.15, -0.1) is 0 Å². The number of aromatic carboxylic acids is 1. The summed E-state index contributed by atoms with van der Waals surface area (Å²) in [5, 5.41) is 17.8. The molecule has 1 aromatic carbocycles. The molecule has 0 saturated carbocycles. The second kappa shape index (κ2) is 5.34. The van der Waals surface area contributed by atoms with E-state index in [1.165, 1.54) is 7.11 Å². The molecule has 2 N–H and O–H groups in total. The Kier molecular flexibility index (Phi) is 4.09. The van der Waals surface area contributed by atoms with Gasteiger partial charge in [-0.25, -0.2) is 4.79 Å². The van der Waals surface area contributed by atoms with Crippen LogP contribution in [0.25, 0.3) is 0 Å². The Labute approximate surface area is 98.6 Å². The van der Waals surface area contributed by atoms with Crippen LogP contribution in [0, 0.1) is 6.92 Å². The number of methoxy groups -OCH3 is 1. The summed E-state index contributed by atoms with van der Waals surface area (Å²) in [6.07, 6.45) is 0.0158. The number of ether oxygens (including phenoxy) is 1. The maximum atomic E-state index is 11.2. The minimum absolute atomic E-state index is 0.125. The molecule has 0 aromatic heterocycles. The number of benzene rings is 1. The van der Waals surface area contributed by atoms with E-state index in [9.17, 15) is 9.59 Å². The number of hydrogen-bond acceptors (Lipinski definition) is 3. The summed E-state index contributed by atoms with van der Waals surface area (Å²) in [5.74, 6) is -1.62. The minimum atomic E-state index is -1.07. The first kappa shape index (κ1) is 13.0. The van der Waals surface area contributed by atoms with E-state index in [-0.39, 0.29) is 18.4 Å². The summed E-state index contributed by atoms with van der Waals surface area (Å²) < 4.78 is 5.07. The Balaban J connectivity index is 3.24. The van der Waals surface area contributed by atoms with Crippen molar-refractivity contribution in [2.75, 3.05) is 7.11 Å². The molecule has 0 aliphatic carbocycles. The molecule has 0 bridgehead atoms. The van der Waals surface area contributed by atoms with Crippen LogP contribution in [-0.4, -0.2) is 29.3 Å². The maximum absolute atomic E-state index is 11.2. The largest absolute Gasteiger partial charge is 0.496 e. The third kappa shape index (κ3) is 2.96. The molecule has 0 aliphatic rings. The van der Waals surface area contributed by atoms with Crippen molar-refractivity contribution >= 4 is 11.9 Å². The van der Waals surface area contributed by atoms with Gasteiger partial charge >= 0.3 is 11.9 Å². The summed E-state index contributed by atoms with van der Waals surface area (Å²) in [6, 6.07) is 3.30. The van der Waals surface area contributed by atoms with Crippen LogP contribution >= 0.6 is 0 Å². The third-order valence-corrected chi connectivity index (χ3v) is 2.50. The minimum Gasteiger partial charge on any atom is -0.496 e. The van der Waals surface area contributed by atoms with E-state index in [2.05, 4.69) is 0 Å². The number of aliphatic carboxylic acids is 1. The van der Waals surface area contributed by atoms with Crippen molar-refractivity contribution in [3.63, 3.8) is 0 Å². The zero-order valence-corrected chi connectivity index (χ0v) is 9.69. The van der Waals surface area contributed by atoms with Crippen molar-refractivity contribution in [1.29, 1.82) is 0 Å². The second-order valence-electron chi connectivity index (χ2n) is 3.64. The van der Waals surface area contributed by atoms with Crippen LogP contribution in [0.15, 0.2) is 12.1 Å². The highest BCUT2D eigenvalue weighted by molar-refractivity contribution is 5.92. The van der Waals surface area contributed by atoms with E-state index >= 15 is 0 Å². The third-order valence-electron chi connectivity index (χ3n) is 2.50. The summed E-state index contributed by atoms with van der Waals surface area (Å²) in [7, 11) is 1.43. The fraction of sp³-hybridized carbons (Fsp3) is 0.333. The highest BCUT2D eigenvalue weighted by Crippen LogP contribution is 2.26. The molecule has 92 valence electrons. The standard InChI is InChI=1S/C12H14O5/c1-7-3-5-9(17-2)8(4-6-10(13)14)11(7)12(15)16/h3,5H,4,6H2,1-2H3,(H,13,14)(H,15,16). The van der Waals surface area contributed by atoms with Gasteiger partial charge in [-0.05, 0) is 25.0 Å². The summed E-state index contributed by atoms with van der Waals surface area (Å²) in [6.45, 7) is 1.67. The number of aryl methyl sites for hydroxylation is 1. The Hall–Kier alpha value is -2.04. The van der Waals surface area contributed by atoms with Gasteiger partial charge in [0.1, 0.15) is 5.75 Å². The van der Waals surface area contributed by atoms with Gasteiger partial charge in [0.05, 0.1) is 12.7 Å². The van der Waals surface area contributed by atoms with Gasteiger partial charge in [-0.2, -0.15) is 0 Å². The monoisotopic (exact) mass is 238 g/mol. The molecule has 0 unspecified atom stereocenters. The number of carbonyl (C=O) groups is 2. The molecular formula is C12H14O5. The van der Waals surface area contributed by atoms with Gasteiger partial charge in [-0.3, -0.25) is 4.79 Å². The highest BCUT2D eigenvalue weighted by Gasteiger charge is 2.18. The zero-order valence-electron chi connectivity index (χ0n) is 9.69. The predicted octanol–water partition coefficient (Wildman–Crippen LogP) is 1.72. The fourth-order valence-electron chi connectivity index (χ4n) is 1.71. The number of carboxylic acids is 2. The Bertz CT molecular complexity index is 450. The fourth-order valence-corrected chi connectivity index (χ4v) is 1.71. The van der Waals surface area contributed by atoms with E-state index < -0.39 is 11.9 Å². The predicted molar refractivity (Wildman–Crippen MR) is 60.6 cm³/mol. The van der Waals surface area contributed by atoms with Gasteiger partial charge in [0, 0.05) is 12.0 Å². The van der Waals surface area contributed by atoms with Gasteiger partial charge < -0.3 is 14.9 Å². The molecule has 1 aromatic rings. The van der Waals surface area contributed by atoms with Crippen molar-refractivity contribution in [3.8, 4) is 5.75 Å². The van der Waals surface area contributed by atoms with Crippen LogP contribution in [-0.2, 0) is 11.2 Å². The lowest BCUT2D eigenvalue weighted by Crippen LogP contribution is -2.09. The molecule has 0 fully saturated rings. The van der Waals surface area contributed by atoms with Crippen molar-refractivity contribution in [2.45, 2.75) is 19.8 Å². The number of carboxylic acid groups (broad SMARTS) is 2. The van der Waals surface area contributed by atoms with Gasteiger partial charge in [0.15, 0.2) is 0 Å². The van der Waals surface area contributed by atoms with E-state index in [1.54, 1.807) is 19.1 Å². The zero-order chi connectivity index (χ0) is 13.0. The molecule has 0 aliphatic heterocycles. The van der Waals surface area contributed by atoms with Crippen molar-refractivity contribution in [1.82, 2.24) is 0 Å². The van der Waals surface area contributed by atoms with Gasteiger partial charge in [-0.1, -0.05) is 6.07 Å². The molecule has 0 radical (unpaired) electrons. The van der Waals surface area contributed by atoms with Crippen molar-refractivity contribution in [3.05, 3.63) is 28.8 Å². The van der Waals surface area contributed by atoms with Crippen LogP contribution in [0.5, 0.6) is 5.75 Å². The molecule has 5 nitrogen and oxygen atoms in total. The SMILES string of the molecule is COc1ccc(C)c(C(=O)O)c1CCC(=O)O. The second-order valence-corrected chi connectivity index (χ2v) is 3.64. The van der Waals surface area contributed by atoms with Crippen LogP contribution in [0.3, 0.4) is 0 Å². The average Bonchev–Trinajstić information content (AvgIpc) is 2.25. The molecular weight excluding hydrogens is 224 g/mol. The van der Waals surface area contributed by atoms with Crippen LogP contribution in [0.4, 0.5) is 0 Å². The van der Waals surface area contributed by atoms with Crippen LogP contribution in [0.2, 0.25) is 0 Å². The normalized spacial score (nSPS) is 10.0. The Morgan fingerprint density at radius 3 is 2.41 bits per heavy atom. The number of hydrogen-bond donors (Lipinski definition) is 2. The molecule has 0 atom stereocenters. The molecule has 0 spiro atoms. The quantitative estimate of drug-likeness (QED) is 0.815. The van der Waals surface area contributed by atoms with Crippen LogP contribution in [0.1, 0.15) is 27.9 Å². The van der Waals surface area contributed by atoms with E-state index in [0.717, 1.165) is 0 Å². The Morgan fingerprint density at radius 2 is 1.94 bits per heavy atom. The molecule has 17 heavy (non-hydrogen) atoms. The summed E-state index contributed by atoms with van der Waals surface area (Å²) in [4.78, 5) is 21.7. The highest BCUT2D eigenvalue weighted by atomic mass is 16.5. The number of rotatable bonds is 5. The van der Waals surface area contributed by atoms with Gasteiger partial charge in [0.2, 0.25) is 0 Å². The summed E-state index contributed by atoms with van der Waals surface area (Å²) in [5.41, 5.74) is 1.16. The molecule has 0 saturated heterocycles. The molecule has 0 amide bonds. The maximum Gasteiger partial charge on any atom is 0.336 e. The van der Waals surface area contributed by atoms with Gasteiger partial charge in [0.25, 0.3) is 0 Å². The first-order valence-corrected chi connectivity index (χ1v) is 5.09.